The summed E-state index contributed by atoms with van der Waals surface area (Å²) in [6.07, 6.45) is 1.21. The molecule has 1 aromatic carbocycles. The van der Waals surface area contributed by atoms with Gasteiger partial charge in [-0.25, -0.2) is 0 Å². The van der Waals surface area contributed by atoms with E-state index in [1.54, 1.807) is 5.56 Å². The molecule has 1 nitrogen and oxygen atoms in total. The zero-order valence-electron chi connectivity index (χ0n) is 11.9. The van der Waals surface area contributed by atoms with Gasteiger partial charge in [-0.1, -0.05) is 39.0 Å². The lowest BCUT2D eigenvalue weighted by Gasteiger charge is -2.33. The summed E-state index contributed by atoms with van der Waals surface area (Å²) in [7, 11) is 0. The maximum Gasteiger partial charge on any atom is 0.0239 e. The van der Waals surface area contributed by atoms with Crippen molar-refractivity contribution in [2.45, 2.75) is 59.0 Å². The number of nitrogens with zero attached hydrogens (tertiary/aromatic N) is 1. The standard InChI is InChI=1S/C16H25N/c1-12(2)17-9-8-13-6-7-15(16(3,4)5)10-14(13)11-17/h6-7,10,12H,8-9,11H2,1-5H3. The third-order valence-corrected chi connectivity index (χ3v) is 3.84. The van der Waals surface area contributed by atoms with Crippen LogP contribution in [0.25, 0.3) is 0 Å². The monoisotopic (exact) mass is 231 g/mol. The SMILES string of the molecule is CC(C)N1CCc2ccc(C(C)(C)C)cc2C1. The van der Waals surface area contributed by atoms with E-state index in [1.165, 1.54) is 24.1 Å². The molecule has 1 aromatic rings. The molecular weight excluding hydrogens is 206 g/mol. The zero-order chi connectivity index (χ0) is 12.6. The topological polar surface area (TPSA) is 3.24 Å². The van der Waals surface area contributed by atoms with Gasteiger partial charge in [0.15, 0.2) is 0 Å². The minimum Gasteiger partial charge on any atom is -0.296 e. The Bertz CT molecular complexity index is 398. The Morgan fingerprint density at radius 1 is 1.12 bits per heavy atom. The molecule has 1 aliphatic rings. The van der Waals surface area contributed by atoms with Crippen LogP contribution in [0, 0.1) is 0 Å². The normalized spacial score (nSPS) is 17.3. The van der Waals surface area contributed by atoms with E-state index in [-0.39, 0.29) is 5.41 Å². The van der Waals surface area contributed by atoms with Crippen molar-refractivity contribution in [3.05, 3.63) is 34.9 Å². The predicted octanol–water partition coefficient (Wildman–Crippen LogP) is 3.75. The highest BCUT2D eigenvalue weighted by atomic mass is 15.1. The van der Waals surface area contributed by atoms with E-state index >= 15 is 0 Å². The fourth-order valence-corrected chi connectivity index (χ4v) is 2.49. The fraction of sp³-hybridized carbons (Fsp3) is 0.625. The minimum absolute atomic E-state index is 0.259. The molecule has 17 heavy (non-hydrogen) atoms. The van der Waals surface area contributed by atoms with Gasteiger partial charge in [0.1, 0.15) is 0 Å². The second kappa shape index (κ2) is 4.45. The summed E-state index contributed by atoms with van der Waals surface area (Å²) in [6.45, 7) is 13.8. The van der Waals surface area contributed by atoms with Gasteiger partial charge in [-0.3, -0.25) is 4.90 Å². The van der Waals surface area contributed by atoms with E-state index in [0.717, 1.165) is 6.54 Å². The molecule has 0 aromatic heterocycles. The molecule has 0 saturated heterocycles. The average Bonchev–Trinajstić information content (AvgIpc) is 2.26. The molecule has 0 spiro atoms. The van der Waals surface area contributed by atoms with E-state index in [9.17, 15) is 0 Å². The number of hydrogen-bond donors (Lipinski definition) is 0. The summed E-state index contributed by atoms with van der Waals surface area (Å²) in [5.74, 6) is 0. The van der Waals surface area contributed by atoms with Crippen LogP contribution in [-0.4, -0.2) is 17.5 Å². The van der Waals surface area contributed by atoms with E-state index in [4.69, 9.17) is 0 Å². The van der Waals surface area contributed by atoms with E-state index in [2.05, 4.69) is 57.7 Å². The Morgan fingerprint density at radius 3 is 2.41 bits per heavy atom. The van der Waals surface area contributed by atoms with Crippen LogP contribution in [0.5, 0.6) is 0 Å². The Morgan fingerprint density at radius 2 is 1.82 bits per heavy atom. The van der Waals surface area contributed by atoms with Crippen molar-refractivity contribution in [2.24, 2.45) is 0 Å². The van der Waals surface area contributed by atoms with E-state index in [0.29, 0.717) is 6.04 Å². The first-order chi connectivity index (χ1) is 7.88. The summed E-state index contributed by atoms with van der Waals surface area (Å²) in [4.78, 5) is 2.56. The molecule has 2 rings (SSSR count). The van der Waals surface area contributed by atoms with Gasteiger partial charge in [0, 0.05) is 19.1 Å². The molecule has 94 valence electrons. The summed E-state index contributed by atoms with van der Waals surface area (Å²) < 4.78 is 0. The zero-order valence-corrected chi connectivity index (χ0v) is 11.9. The lowest BCUT2D eigenvalue weighted by Crippen LogP contribution is -2.36. The van der Waals surface area contributed by atoms with Crippen LogP contribution in [0.3, 0.4) is 0 Å². The number of rotatable bonds is 1. The number of benzene rings is 1. The van der Waals surface area contributed by atoms with Gasteiger partial charge in [0.25, 0.3) is 0 Å². The van der Waals surface area contributed by atoms with Crippen LogP contribution in [0.1, 0.15) is 51.3 Å². The Balaban J connectivity index is 2.29. The molecule has 0 radical (unpaired) electrons. The second-order valence-corrected chi connectivity index (χ2v) is 6.55. The first kappa shape index (κ1) is 12.6. The molecule has 0 saturated carbocycles. The van der Waals surface area contributed by atoms with Crippen LogP contribution >= 0.6 is 0 Å². The lowest BCUT2D eigenvalue weighted by atomic mass is 9.84. The maximum absolute atomic E-state index is 2.56. The Hall–Kier alpha value is -0.820. The minimum atomic E-state index is 0.259. The van der Waals surface area contributed by atoms with Crippen molar-refractivity contribution in [3.8, 4) is 0 Å². The van der Waals surface area contributed by atoms with Crippen molar-refractivity contribution in [1.29, 1.82) is 0 Å². The molecule has 0 unspecified atom stereocenters. The third kappa shape index (κ3) is 2.71. The third-order valence-electron chi connectivity index (χ3n) is 3.84. The van der Waals surface area contributed by atoms with Crippen molar-refractivity contribution in [2.75, 3.05) is 6.54 Å². The van der Waals surface area contributed by atoms with Gasteiger partial charge in [0.2, 0.25) is 0 Å². The van der Waals surface area contributed by atoms with E-state index in [1.807, 2.05) is 0 Å². The summed E-state index contributed by atoms with van der Waals surface area (Å²) >= 11 is 0. The van der Waals surface area contributed by atoms with Crippen molar-refractivity contribution in [3.63, 3.8) is 0 Å². The molecule has 0 amide bonds. The van der Waals surface area contributed by atoms with Gasteiger partial charge >= 0.3 is 0 Å². The molecule has 1 heteroatoms. The van der Waals surface area contributed by atoms with Crippen LogP contribution in [0.2, 0.25) is 0 Å². The van der Waals surface area contributed by atoms with Crippen molar-refractivity contribution < 1.29 is 0 Å². The molecule has 1 heterocycles. The smallest absolute Gasteiger partial charge is 0.0239 e. The summed E-state index contributed by atoms with van der Waals surface area (Å²) in [5.41, 5.74) is 4.81. The molecule has 0 N–H and O–H groups in total. The Kier molecular flexibility index (Phi) is 3.31. The molecule has 0 aliphatic carbocycles. The average molecular weight is 231 g/mol. The molecule has 0 atom stereocenters. The summed E-state index contributed by atoms with van der Waals surface area (Å²) in [6, 6.07) is 7.72. The van der Waals surface area contributed by atoms with Crippen LogP contribution in [0.4, 0.5) is 0 Å². The first-order valence-corrected chi connectivity index (χ1v) is 6.74. The number of hydrogen-bond acceptors (Lipinski definition) is 1. The quantitative estimate of drug-likeness (QED) is 0.711. The lowest BCUT2D eigenvalue weighted by molar-refractivity contribution is 0.203. The van der Waals surface area contributed by atoms with Crippen molar-refractivity contribution in [1.82, 2.24) is 4.90 Å². The Labute approximate surface area is 106 Å². The second-order valence-electron chi connectivity index (χ2n) is 6.55. The van der Waals surface area contributed by atoms with E-state index < -0.39 is 0 Å². The summed E-state index contributed by atoms with van der Waals surface area (Å²) in [5, 5.41) is 0. The van der Waals surface area contributed by atoms with Crippen LogP contribution in [0.15, 0.2) is 18.2 Å². The van der Waals surface area contributed by atoms with Crippen LogP contribution < -0.4 is 0 Å². The highest BCUT2D eigenvalue weighted by Crippen LogP contribution is 2.28. The number of fused-ring (bicyclic) bond motifs is 1. The molecule has 0 bridgehead atoms. The fourth-order valence-electron chi connectivity index (χ4n) is 2.49. The molecular formula is C16H25N. The first-order valence-electron chi connectivity index (χ1n) is 6.74. The molecule has 1 aliphatic heterocycles. The van der Waals surface area contributed by atoms with Gasteiger partial charge in [-0.05, 0) is 42.4 Å². The van der Waals surface area contributed by atoms with Crippen molar-refractivity contribution >= 4 is 0 Å². The van der Waals surface area contributed by atoms with Gasteiger partial charge < -0.3 is 0 Å². The highest BCUT2D eigenvalue weighted by molar-refractivity contribution is 5.36. The van der Waals surface area contributed by atoms with Gasteiger partial charge in [0.05, 0.1) is 0 Å². The van der Waals surface area contributed by atoms with Crippen LogP contribution in [-0.2, 0) is 18.4 Å². The largest absolute Gasteiger partial charge is 0.296 e. The van der Waals surface area contributed by atoms with Gasteiger partial charge in [-0.15, -0.1) is 0 Å². The maximum atomic E-state index is 2.56. The highest BCUT2D eigenvalue weighted by Gasteiger charge is 2.21. The molecule has 0 fully saturated rings. The predicted molar refractivity (Wildman–Crippen MR) is 74.4 cm³/mol. The van der Waals surface area contributed by atoms with Gasteiger partial charge in [-0.2, -0.15) is 0 Å².